The first-order chi connectivity index (χ1) is 16.3. The minimum absolute atomic E-state index is 0.113. The number of methoxy groups -OCH3 is 1. The fourth-order valence-corrected chi connectivity index (χ4v) is 4.57. The van der Waals surface area contributed by atoms with Crippen LogP contribution in [-0.4, -0.2) is 47.4 Å². The molecule has 1 aliphatic heterocycles. The third-order valence-corrected chi connectivity index (χ3v) is 6.11. The largest absolute Gasteiger partial charge is 0.496 e. The Bertz CT molecular complexity index is 1150. The van der Waals surface area contributed by atoms with Gasteiger partial charge in [0.1, 0.15) is 23.5 Å². The molecule has 0 spiro atoms. The number of fused-ring (bicyclic) bond motifs is 1. The highest BCUT2D eigenvalue weighted by molar-refractivity contribution is 6.01. The molecule has 0 radical (unpaired) electrons. The van der Waals surface area contributed by atoms with E-state index in [2.05, 4.69) is 27.0 Å². The van der Waals surface area contributed by atoms with Crippen molar-refractivity contribution in [3.63, 3.8) is 0 Å². The molecule has 9 nitrogen and oxygen atoms in total. The second kappa shape index (κ2) is 9.98. The van der Waals surface area contributed by atoms with Crippen molar-refractivity contribution in [2.24, 2.45) is 11.3 Å². The lowest BCUT2D eigenvalue weighted by Crippen LogP contribution is -2.51. The first kappa shape index (κ1) is 26.1. The van der Waals surface area contributed by atoms with E-state index >= 15 is 0 Å². The van der Waals surface area contributed by atoms with E-state index in [-0.39, 0.29) is 29.2 Å². The fraction of sp³-hybridized carbons (Fsp3) is 0.538. The zero-order valence-electron chi connectivity index (χ0n) is 21.2. The van der Waals surface area contributed by atoms with Crippen LogP contribution in [0.2, 0.25) is 0 Å². The summed E-state index contributed by atoms with van der Waals surface area (Å²) in [6.45, 7) is 9.78. The van der Waals surface area contributed by atoms with E-state index in [9.17, 15) is 19.6 Å². The van der Waals surface area contributed by atoms with E-state index in [0.29, 0.717) is 24.3 Å². The molecule has 1 fully saturated rings. The molecule has 1 saturated heterocycles. The number of nitrogens with one attached hydrogen (secondary N) is 4. The molecular formula is C26H35N5O4. The molecule has 2 heterocycles. The van der Waals surface area contributed by atoms with Crippen LogP contribution in [0.1, 0.15) is 64.4 Å². The van der Waals surface area contributed by atoms with Crippen LogP contribution in [0, 0.1) is 22.7 Å². The fourth-order valence-electron chi connectivity index (χ4n) is 4.57. The second-order valence-corrected chi connectivity index (χ2v) is 11.1. The first-order valence-electron chi connectivity index (χ1n) is 11.8. The summed E-state index contributed by atoms with van der Waals surface area (Å²) in [7, 11) is 1.56. The predicted octanol–water partition coefficient (Wildman–Crippen LogP) is 3.02. The van der Waals surface area contributed by atoms with Gasteiger partial charge in [-0.1, -0.05) is 26.8 Å². The van der Waals surface area contributed by atoms with Gasteiger partial charge in [-0.05, 0) is 56.7 Å². The average molecular weight is 482 g/mol. The van der Waals surface area contributed by atoms with Crippen molar-refractivity contribution in [1.82, 2.24) is 20.9 Å². The molecular weight excluding hydrogens is 446 g/mol. The van der Waals surface area contributed by atoms with Crippen LogP contribution in [0.5, 0.6) is 5.75 Å². The van der Waals surface area contributed by atoms with Gasteiger partial charge >= 0.3 is 0 Å². The lowest BCUT2D eigenvalue weighted by molar-refractivity contribution is -0.125. The number of hydrogen-bond acceptors (Lipinski definition) is 5. The normalized spacial score (nSPS) is 18.9. The molecule has 1 aromatic carbocycles. The molecule has 0 aliphatic carbocycles. The molecule has 188 valence electrons. The van der Waals surface area contributed by atoms with Crippen molar-refractivity contribution >= 4 is 28.6 Å². The SMILES string of the molecule is COc1cccc2[nH]c(C(=O)NC(CC(C)(C)C)C(=O)NC(C#N)C[C@@H]3CC(C)(C)NC3=O)cc12. The van der Waals surface area contributed by atoms with Gasteiger partial charge in [0.2, 0.25) is 11.8 Å². The summed E-state index contributed by atoms with van der Waals surface area (Å²) in [6, 6.07) is 7.55. The van der Waals surface area contributed by atoms with E-state index < -0.39 is 23.9 Å². The molecule has 0 saturated carbocycles. The number of H-pyrrole nitrogens is 1. The number of nitriles is 1. The van der Waals surface area contributed by atoms with Gasteiger partial charge in [0.25, 0.3) is 5.91 Å². The van der Waals surface area contributed by atoms with Crippen LogP contribution in [0.15, 0.2) is 24.3 Å². The molecule has 2 aromatic rings. The van der Waals surface area contributed by atoms with Crippen molar-refractivity contribution in [3.05, 3.63) is 30.0 Å². The number of aromatic amines is 1. The maximum absolute atomic E-state index is 13.2. The number of aromatic nitrogens is 1. The summed E-state index contributed by atoms with van der Waals surface area (Å²) in [5.74, 6) is -0.716. The van der Waals surface area contributed by atoms with Gasteiger partial charge in [-0.15, -0.1) is 0 Å². The predicted molar refractivity (Wildman–Crippen MR) is 133 cm³/mol. The van der Waals surface area contributed by atoms with E-state index in [1.54, 1.807) is 13.2 Å². The molecule has 1 aliphatic rings. The molecule has 35 heavy (non-hydrogen) atoms. The average Bonchev–Trinajstić information content (AvgIpc) is 3.31. The molecule has 9 heteroatoms. The highest BCUT2D eigenvalue weighted by atomic mass is 16.5. The number of benzene rings is 1. The minimum Gasteiger partial charge on any atom is -0.496 e. The summed E-state index contributed by atoms with van der Waals surface area (Å²) in [4.78, 5) is 41.6. The Morgan fingerprint density at radius 1 is 1.29 bits per heavy atom. The maximum atomic E-state index is 13.2. The number of amides is 3. The van der Waals surface area contributed by atoms with Gasteiger partial charge in [-0.25, -0.2) is 0 Å². The van der Waals surface area contributed by atoms with Crippen LogP contribution in [-0.2, 0) is 9.59 Å². The minimum atomic E-state index is -0.861. The number of ether oxygens (including phenoxy) is 1. The molecule has 0 bridgehead atoms. The lowest BCUT2D eigenvalue weighted by atomic mass is 9.87. The Morgan fingerprint density at radius 2 is 2.00 bits per heavy atom. The van der Waals surface area contributed by atoms with Crippen molar-refractivity contribution in [1.29, 1.82) is 5.26 Å². The third-order valence-electron chi connectivity index (χ3n) is 6.11. The molecule has 1 aromatic heterocycles. The van der Waals surface area contributed by atoms with Gasteiger partial charge in [-0.3, -0.25) is 14.4 Å². The van der Waals surface area contributed by atoms with Gasteiger partial charge in [0, 0.05) is 22.4 Å². The Hall–Kier alpha value is -3.54. The number of nitrogens with zero attached hydrogens (tertiary/aromatic N) is 1. The highest BCUT2D eigenvalue weighted by Crippen LogP contribution is 2.28. The molecule has 2 unspecified atom stereocenters. The summed E-state index contributed by atoms with van der Waals surface area (Å²) in [6.07, 6.45) is 1.17. The molecule has 3 amide bonds. The smallest absolute Gasteiger partial charge is 0.268 e. The van der Waals surface area contributed by atoms with Gasteiger partial charge < -0.3 is 25.7 Å². The van der Waals surface area contributed by atoms with Crippen LogP contribution in [0.25, 0.3) is 10.9 Å². The van der Waals surface area contributed by atoms with Crippen LogP contribution < -0.4 is 20.7 Å². The summed E-state index contributed by atoms with van der Waals surface area (Å²) >= 11 is 0. The third kappa shape index (κ3) is 6.53. The van der Waals surface area contributed by atoms with E-state index in [4.69, 9.17) is 4.74 Å². The monoisotopic (exact) mass is 481 g/mol. The van der Waals surface area contributed by atoms with Crippen molar-refractivity contribution in [2.45, 2.75) is 71.5 Å². The zero-order valence-corrected chi connectivity index (χ0v) is 21.2. The standard InChI is InChI=1S/C26H35N5O4/c1-25(2,3)13-20(24(34)28-16(14-27)10-15-12-26(4,5)31-22(15)32)30-23(33)19-11-17-18(29-19)8-7-9-21(17)35-6/h7-9,11,15-16,20,29H,10,12-13H2,1-6H3,(H,28,34)(H,30,33)(H,31,32)/t15-,16?,20?/m1/s1. The Morgan fingerprint density at radius 3 is 2.57 bits per heavy atom. The number of carbonyl (C=O) groups excluding carboxylic acids is 3. The first-order valence-corrected chi connectivity index (χ1v) is 11.8. The van der Waals surface area contributed by atoms with Crippen LogP contribution in [0.4, 0.5) is 0 Å². The highest BCUT2D eigenvalue weighted by Gasteiger charge is 2.39. The van der Waals surface area contributed by atoms with Crippen LogP contribution in [0.3, 0.4) is 0 Å². The summed E-state index contributed by atoms with van der Waals surface area (Å²) in [5, 5.41) is 18.9. The van der Waals surface area contributed by atoms with Crippen molar-refractivity contribution in [2.75, 3.05) is 7.11 Å². The summed E-state index contributed by atoms with van der Waals surface area (Å²) < 4.78 is 5.36. The molecule has 3 rings (SSSR count). The van der Waals surface area contributed by atoms with Crippen LogP contribution >= 0.6 is 0 Å². The lowest BCUT2D eigenvalue weighted by Gasteiger charge is -2.27. The number of hydrogen-bond donors (Lipinski definition) is 4. The van der Waals surface area contributed by atoms with Gasteiger partial charge in [0.15, 0.2) is 0 Å². The maximum Gasteiger partial charge on any atom is 0.268 e. The van der Waals surface area contributed by atoms with Crippen molar-refractivity contribution in [3.8, 4) is 11.8 Å². The molecule has 3 atom stereocenters. The zero-order chi connectivity index (χ0) is 26.0. The van der Waals surface area contributed by atoms with E-state index in [1.165, 1.54) is 0 Å². The second-order valence-electron chi connectivity index (χ2n) is 11.1. The number of rotatable bonds is 8. The quantitative estimate of drug-likeness (QED) is 0.459. The molecule has 4 N–H and O–H groups in total. The van der Waals surface area contributed by atoms with Crippen molar-refractivity contribution < 1.29 is 19.1 Å². The Balaban J connectivity index is 1.74. The van der Waals surface area contributed by atoms with E-state index in [1.807, 2.05) is 52.8 Å². The Kier molecular flexibility index (Phi) is 7.44. The summed E-state index contributed by atoms with van der Waals surface area (Å²) in [5.41, 5.74) is 0.444. The number of carbonyl (C=O) groups is 3. The van der Waals surface area contributed by atoms with Gasteiger partial charge in [0.05, 0.1) is 13.2 Å². The van der Waals surface area contributed by atoms with Gasteiger partial charge in [-0.2, -0.15) is 5.26 Å². The topological polar surface area (TPSA) is 136 Å². The Labute approximate surface area is 206 Å². The van der Waals surface area contributed by atoms with E-state index in [0.717, 1.165) is 10.9 Å².